The summed E-state index contributed by atoms with van der Waals surface area (Å²) in [6, 6.07) is 0. The second-order valence-corrected chi connectivity index (χ2v) is 7.06. The van der Waals surface area contributed by atoms with Crippen molar-refractivity contribution in [2.45, 2.75) is 52.6 Å². The number of ether oxygens (including phenoxy) is 1. The maximum Gasteiger partial charge on any atom is 0.227 e. The third-order valence-electron chi connectivity index (χ3n) is 4.63. The summed E-state index contributed by atoms with van der Waals surface area (Å²) in [5.41, 5.74) is 0. The number of amides is 2. The van der Waals surface area contributed by atoms with Crippen LogP contribution in [0.3, 0.4) is 0 Å². The maximum atomic E-state index is 12.6. The van der Waals surface area contributed by atoms with Gasteiger partial charge in [-0.1, -0.05) is 13.8 Å². The van der Waals surface area contributed by atoms with Gasteiger partial charge in [0.05, 0.1) is 12.0 Å². The fourth-order valence-electron chi connectivity index (χ4n) is 3.29. The van der Waals surface area contributed by atoms with Crippen molar-refractivity contribution in [2.24, 2.45) is 11.8 Å². The molecule has 2 amide bonds. The fraction of sp³-hybridized carbons (Fsp3) is 0.882. The first-order chi connectivity index (χ1) is 10.5. The molecule has 22 heavy (non-hydrogen) atoms. The Balaban J connectivity index is 1.78. The van der Waals surface area contributed by atoms with E-state index in [1.165, 1.54) is 0 Å². The molecule has 0 aromatic rings. The molecule has 0 spiro atoms. The highest BCUT2D eigenvalue weighted by Gasteiger charge is 2.32. The maximum absolute atomic E-state index is 12.6. The molecule has 0 unspecified atom stereocenters. The number of carbonyl (C=O) groups is 2. The minimum atomic E-state index is -0.00853. The molecule has 1 atom stereocenters. The number of hydrogen-bond donors (Lipinski definition) is 0. The second kappa shape index (κ2) is 7.95. The van der Waals surface area contributed by atoms with Crippen LogP contribution in [0.5, 0.6) is 0 Å². The smallest absolute Gasteiger partial charge is 0.227 e. The topological polar surface area (TPSA) is 49.9 Å². The molecule has 2 aliphatic rings. The predicted molar refractivity (Wildman–Crippen MR) is 85.4 cm³/mol. The largest absolute Gasteiger partial charge is 0.378 e. The van der Waals surface area contributed by atoms with Gasteiger partial charge in [-0.25, -0.2) is 0 Å². The van der Waals surface area contributed by atoms with E-state index in [1.807, 2.05) is 9.80 Å². The van der Waals surface area contributed by atoms with Crippen molar-refractivity contribution in [1.29, 1.82) is 0 Å². The van der Waals surface area contributed by atoms with Crippen LogP contribution in [0.2, 0.25) is 0 Å². The Hall–Kier alpha value is -1.10. The van der Waals surface area contributed by atoms with Crippen molar-refractivity contribution in [3.05, 3.63) is 0 Å². The molecule has 2 heterocycles. The van der Waals surface area contributed by atoms with Crippen LogP contribution in [0.15, 0.2) is 0 Å². The van der Waals surface area contributed by atoms with Gasteiger partial charge in [-0.15, -0.1) is 0 Å². The van der Waals surface area contributed by atoms with E-state index >= 15 is 0 Å². The summed E-state index contributed by atoms with van der Waals surface area (Å²) < 4.78 is 5.88. The minimum Gasteiger partial charge on any atom is -0.378 e. The molecule has 0 aliphatic carbocycles. The van der Waals surface area contributed by atoms with Gasteiger partial charge < -0.3 is 14.5 Å². The number of piperidine rings is 2. The van der Waals surface area contributed by atoms with Gasteiger partial charge in [0, 0.05) is 39.7 Å². The summed E-state index contributed by atoms with van der Waals surface area (Å²) in [4.78, 5) is 27.9. The van der Waals surface area contributed by atoms with Gasteiger partial charge in [-0.3, -0.25) is 9.59 Å². The average molecular weight is 310 g/mol. The van der Waals surface area contributed by atoms with E-state index in [9.17, 15) is 9.59 Å². The van der Waals surface area contributed by atoms with Crippen LogP contribution in [0, 0.1) is 11.8 Å². The zero-order valence-electron chi connectivity index (χ0n) is 14.2. The Morgan fingerprint density at radius 1 is 1.09 bits per heavy atom. The highest BCUT2D eigenvalue weighted by molar-refractivity contribution is 5.81. The fourth-order valence-corrected chi connectivity index (χ4v) is 3.29. The Kier molecular flexibility index (Phi) is 6.24. The first-order valence-electron chi connectivity index (χ1n) is 8.63. The van der Waals surface area contributed by atoms with Crippen molar-refractivity contribution in [2.75, 3.05) is 32.8 Å². The van der Waals surface area contributed by atoms with Crippen molar-refractivity contribution in [3.63, 3.8) is 0 Å². The molecule has 5 nitrogen and oxygen atoms in total. The van der Waals surface area contributed by atoms with E-state index in [0.717, 1.165) is 51.9 Å². The monoisotopic (exact) mass is 310 g/mol. The van der Waals surface area contributed by atoms with E-state index < -0.39 is 0 Å². The molecule has 5 heteroatoms. The number of carbonyl (C=O) groups excluding carboxylic acids is 2. The van der Waals surface area contributed by atoms with Crippen LogP contribution in [-0.4, -0.2) is 60.5 Å². The Morgan fingerprint density at radius 2 is 1.77 bits per heavy atom. The van der Waals surface area contributed by atoms with Crippen molar-refractivity contribution < 1.29 is 14.3 Å². The van der Waals surface area contributed by atoms with Crippen molar-refractivity contribution in [1.82, 2.24) is 9.80 Å². The third kappa shape index (κ3) is 4.70. The number of hydrogen-bond acceptors (Lipinski definition) is 3. The molecule has 0 aromatic heterocycles. The van der Waals surface area contributed by atoms with Crippen LogP contribution in [0.4, 0.5) is 0 Å². The Labute approximate surface area is 134 Å². The molecule has 126 valence electrons. The van der Waals surface area contributed by atoms with Crippen molar-refractivity contribution >= 4 is 11.8 Å². The molecular weight excluding hydrogens is 280 g/mol. The molecule has 2 fully saturated rings. The van der Waals surface area contributed by atoms with Gasteiger partial charge in [0.25, 0.3) is 0 Å². The van der Waals surface area contributed by atoms with E-state index in [0.29, 0.717) is 18.6 Å². The molecular formula is C17H30N2O3. The summed E-state index contributed by atoms with van der Waals surface area (Å²) in [6.45, 7) is 9.67. The van der Waals surface area contributed by atoms with Crippen LogP contribution < -0.4 is 0 Å². The van der Waals surface area contributed by atoms with Crippen LogP contribution in [-0.2, 0) is 14.3 Å². The SMILES string of the molecule is CC(=O)N1CCC[C@H](C(=O)N2CCC(OCC(C)C)CC2)C1. The van der Waals surface area contributed by atoms with E-state index in [4.69, 9.17) is 4.74 Å². The zero-order chi connectivity index (χ0) is 16.1. The van der Waals surface area contributed by atoms with Crippen LogP contribution >= 0.6 is 0 Å². The van der Waals surface area contributed by atoms with Gasteiger partial charge >= 0.3 is 0 Å². The van der Waals surface area contributed by atoms with E-state index in [2.05, 4.69) is 13.8 Å². The number of rotatable bonds is 4. The van der Waals surface area contributed by atoms with E-state index in [1.54, 1.807) is 6.92 Å². The predicted octanol–water partition coefficient (Wildman–Crippen LogP) is 1.91. The Morgan fingerprint density at radius 3 is 2.36 bits per heavy atom. The average Bonchev–Trinajstić information content (AvgIpc) is 2.53. The molecule has 0 radical (unpaired) electrons. The first-order valence-corrected chi connectivity index (χ1v) is 8.63. The number of nitrogens with zero attached hydrogens (tertiary/aromatic N) is 2. The van der Waals surface area contributed by atoms with Crippen LogP contribution in [0.1, 0.15) is 46.5 Å². The lowest BCUT2D eigenvalue weighted by atomic mass is 9.95. The molecule has 2 aliphatic heterocycles. The Bertz CT molecular complexity index is 389. The zero-order valence-corrected chi connectivity index (χ0v) is 14.2. The van der Waals surface area contributed by atoms with Gasteiger partial charge in [0.15, 0.2) is 0 Å². The molecule has 0 saturated carbocycles. The number of likely N-dealkylation sites (tertiary alicyclic amines) is 2. The highest BCUT2D eigenvalue weighted by atomic mass is 16.5. The molecule has 2 rings (SSSR count). The third-order valence-corrected chi connectivity index (χ3v) is 4.63. The van der Waals surface area contributed by atoms with Gasteiger partial charge in [-0.05, 0) is 31.6 Å². The summed E-state index contributed by atoms with van der Waals surface area (Å²) in [5, 5.41) is 0. The normalized spacial score (nSPS) is 23.9. The lowest BCUT2D eigenvalue weighted by molar-refractivity contribution is -0.142. The highest BCUT2D eigenvalue weighted by Crippen LogP contribution is 2.22. The van der Waals surface area contributed by atoms with Gasteiger partial charge in [0.2, 0.25) is 11.8 Å². The van der Waals surface area contributed by atoms with Gasteiger partial charge in [0.1, 0.15) is 0 Å². The molecule has 0 N–H and O–H groups in total. The quantitative estimate of drug-likeness (QED) is 0.797. The van der Waals surface area contributed by atoms with Gasteiger partial charge in [-0.2, -0.15) is 0 Å². The summed E-state index contributed by atoms with van der Waals surface area (Å²) in [5.74, 6) is 0.858. The second-order valence-electron chi connectivity index (χ2n) is 7.06. The van der Waals surface area contributed by atoms with Crippen molar-refractivity contribution in [3.8, 4) is 0 Å². The standard InChI is InChI=1S/C17H30N2O3/c1-13(2)12-22-16-6-9-18(10-7-16)17(21)15-5-4-8-19(11-15)14(3)20/h13,15-16H,4-12H2,1-3H3/t15-/m0/s1. The molecule has 0 aromatic carbocycles. The summed E-state index contributed by atoms with van der Waals surface area (Å²) in [7, 11) is 0. The molecule has 2 saturated heterocycles. The van der Waals surface area contributed by atoms with Crippen LogP contribution in [0.25, 0.3) is 0 Å². The summed E-state index contributed by atoms with van der Waals surface area (Å²) in [6.07, 6.45) is 4.01. The first kappa shape index (κ1) is 17.3. The minimum absolute atomic E-state index is 0.00853. The lowest BCUT2D eigenvalue weighted by Gasteiger charge is -2.37. The molecule has 0 bridgehead atoms. The van der Waals surface area contributed by atoms with E-state index in [-0.39, 0.29) is 17.7 Å². The summed E-state index contributed by atoms with van der Waals surface area (Å²) >= 11 is 0. The lowest BCUT2D eigenvalue weighted by Crippen LogP contribution is -2.49.